The summed E-state index contributed by atoms with van der Waals surface area (Å²) >= 11 is 1.63. The highest BCUT2D eigenvalue weighted by Crippen LogP contribution is 2.21. The van der Waals surface area contributed by atoms with Crippen molar-refractivity contribution in [3.63, 3.8) is 0 Å². The number of rotatable bonds is 7. The van der Waals surface area contributed by atoms with Crippen molar-refractivity contribution in [2.75, 3.05) is 19.7 Å². The Morgan fingerprint density at radius 1 is 1.37 bits per heavy atom. The second-order valence-corrected chi connectivity index (χ2v) is 5.16. The van der Waals surface area contributed by atoms with Gasteiger partial charge in [-0.15, -0.1) is 11.3 Å². The van der Waals surface area contributed by atoms with E-state index in [1.54, 1.807) is 17.5 Å². The quantitative estimate of drug-likeness (QED) is 0.844. The molecule has 2 aromatic rings. The third-order valence-corrected chi connectivity index (χ3v) is 3.81. The summed E-state index contributed by atoms with van der Waals surface area (Å²) in [6.07, 6.45) is 2.60. The molecule has 2 aromatic heterocycles. The predicted octanol–water partition coefficient (Wildman–Crippen LogP) is 2.41. The molecule has 5 heteroatoms. The molecule has 0 amide bonds. The number of aromatic nitrogens is 2. The molecule has 19 heavy (non-hydrogen) atoms. The van der Waals surface area contributed by atoms with E-state index in [4.69, 9.17) is 5.11 Å². The van der Waals surface area contributed by atoms with Gasteiger partial charge < -0.3 is 5.11 Å². The van der Waals surface area contributed by atoms with Crippen LogP contribution in [0.15, 0.2) is 29.8 Å². The molecule has 4 nitrogen and oxygen atoms in total. The number of aliphatic hydroxyl groups is 1. The van der Waals surface area contributed by atoms with Gasteiger partial charge in [0.2, 0.25) is 0 Å². The van der Waals surface area contributed by atoms with Crippen molar-refractivity contribution in [3.05, 3.63) is 35.5 Å². The minimum absolute atomic E-state index is 0.243. The standard InChI is InChI=1S/C14H19N3OS/c1-2-17(8-5-9-18)10-12-11-19-14(16-12)13-6-3-4-7-15-13/h3-4,6-7,11,18H,2,5,8-10H2,1H3. The van der Waals surface area contributed by atoms with Gasteiger partial charge in [0.1, 0.15) is 5.01 Å². The third kappa shape index (κ3) is 4.09. The molecule has 1 N–H and O–H groups in total. The van der Waals surface area contributed by atoms with Crippen molar-refractivity contribution >= 4 is 11.3 Å². The zero-order valence-electron chi connectivity index (χ0n) is 11.1. The summed E-state index contributed by atoms with van der Waals surface area (Å²) < 4.78 is 0. The summed E-state index contributed by atoms with van der Waals surface area (Å²) in [7, 11) is 0. The molecule has 0 radical (unpaired) electrons. The van der Waals surface area contributed by atoms with Gasteiger partial charge >= 0.3 is 0 Å². The largest absolute Gasteiger partial charge is 0.396 e. The van der Waals surface area contributed by atoms with Gasteiger partial charge in [-0.1, -0.05) is 13.0 Å². The number of pyridine rings is 1. The van der Waals surface area contributed by atoms with Crippen LogP contribution in [0.2, 0.25) is 0 Å². The molecule has 0 unspecified atom stereocenters. The number of thiazole rings is 1. The van der Waals surface area contributed by atoms with Crippen LogP contribution in [-0.2, 0) is 6.54 Å². The first-order valence-electron chi connectivity index (χ1n) is 6.52. The molecule has 0 saturated carbocycles. The Kier molecular flexibility index (Phi) is 5.44. The highest BCUT2D eigenvalue weighted by molar-refractivity contribution is 7.13. The van der Waals surface area contributed by atoms with E-state index in [1.165, 1.54) is 0 Å². The van der Waals surface area contributed by atoms with Crippen LogP contribution in [0, 0.1) is 0 Å². The lowest BCUT2D eigenvalue weighted by Crippen LogP contribution is -2.24. The van der Waals surface area contributed by atoms with Crippen LogP contribution in [-0.4, -0.2) is 39.7 Å². The summed E-state index contributed by atoms with van der Waals surface area (Å²) in [6.45, 7) is 5.08. The van der Waals surface area contributed by atoms with E-state index >= 15 is 0 Å². The van der Waals surface area contributed by atoms with E-state index in [0.717, 1.165) is 42.5 Å². The van der Waals surface area contributed by atoms with Crippen LogP contribution in [0.3, 0.4) is 0 Å². The molecule has 0 saturated heterocycles. The van der Waals surface area contributed by atoms with E-state index in [0.29, 0.717) is 0 Å². The fourth-order valence-electron chi connectivity index (χ4n) is 1.86. The maximum atomic E-state index is 8.88. The molecule has 0 aromatic carbocycles. The van der Waals surface area contributed by atoms with E-state index < -0.39 is 0 Å². The molecule has 0 fully saturated rings. The first-order valence-corrected chi connectivity index (χ1v) is 7.40. The SMILES string of the molecule is CCN(CCCO)Cc1csc(-c2ccccn2)n1. The molecular weight excluding hydrogens is 258 g/mol. The van der Waals surface area contributed by atoms with Gasteiger partial charge in [0, 0.05) is 31.3 Å². The molecular formula is C14H19N3OS. The summed E-state index contributed by atoms with van der Waals surface area (Å²) in [5.41, 5.74) is 2.00. The van der Waals surface area contributed by atoms with Crippen LogP contribution in [0.4, 0.5) is 0 Å². The fourth-order valence-corrected chi connectivity index (χ4v) is 2.65. The van der Waals surface area contributed by atoms with Gasteiger partial charge in [-0.05, 0) is 25.1 Å². The monoisotopic (exact) mass is 277 g/mol. The summed E-state index contributed by atoms with van der Waals surface area (Å²) in [5, 5.41) is 11.9. The second kappa shape index (κ2) is 7.33. The maximum absolute atomic E-state index is 8.88. The van der Waals surface area contributed by atoms with Crippen molar-refractivity contribution < 1.29 is 5.11 Å². The molecule has 102 valence electrons. The Bertz CT molecular complexity index is 486. The summed E-state index contributed by atoms with van der Waals surface area (Å²) in [6, 6.07) is 5.86. The Morgan fingerprint density at radius 2 is 2.26 bits per heavy atom. The van der Waals surface area contributed by atoms with E-state index in [2.05, 4.69) is 27.2 Å². The zero-order valence-corrected chi connectivity index (χ0v) is 11.9. The molecule has 0 aliphatic rings. The van der Waals surface area contributed by atoms with Crippen LogP contribution in [0.1, 0.15) is 19.0 Å². The van der Waals surface area contributed by atoms with Gasteiger partial charge in [-0.2, -0.15) is 0 Å². The molecule has 2 rings (SSSR count). The average Bonchev–Trinajstić information content (AvgIpc) is 2.93. The van der Waals surface area contributed by atoms with E-state index in [9.17, 15) is 0 Å². The molecule has 0 atom stereocenters. The normalized spacial score (nSPS) is 11.1. The molecule has 0 spiro atoms. The predicted molar refractivity (Wildman–Crippen MR) is 78.0 cm³/mol. The maximum Gasteiger partial charge on any atom is 0.142 e. The number of hydrogen-bond donors (Lipinski definition) is 1. The van der Waals surface area contributed by atoms with Crippen LogP contribution < -0.4 is 0 Å². The van der Waals surface area contributed by atoms with Crippen LogP contribution in [0.5, 0.6) is 0 Å². The highest BCUT2D eigenvalue weighted by atomic mass is 32.1. The van der Waals surface area contributed by atoms with Crippen molar-refractivity contribution in [2.24, 2.45) is 0 Å². The number of aliphatic hydroxyl groups excluding tert-OH is 1. The summed E-state index contributed by atoms with van der Waals surface area (Å²) in [5.74, 6) is 0. The lowest BCUT2D eigenvalue weighted by atomic mass is 10.3. The number of nitrogens with zero attached hydrogens (tertiary/aromatic N) is 3. The van der Waals surface area contributed by atoms with E-state index in [1.807, 2.05) is 18.2 Å². The van der Waals surface area contributed by atoms with Crippen molar-refractivity contribution in [1.29, 1.82) is 0 Å². The van der Waals surface area contributed by atoms with Gasteiger partial charge in [-0.3, -0.25) is 9.88 Å². The Morgan fingerprint density at radius 3 is 2.95 bits per heavy atom. The van der Waals surface area contributed by atoms with Gasteiger partial charge in [0.15, 0.2) is 0 Å². The Balaban J connectivity index is 2.01. The number of hydrogen-bond acceptors (Lipinski definition) is 5. The van der Waals surface area contributed by atoms with Gasteiger partial charge in [0.05, 0.1) is 11.4 Å². The molecule has 2 heterocycles. The van der Waals surface area contributed by atoms with Crippen LogP contribution >= 0.6 is 11.3 Å². The van der Waals surface area contributed by atoms with Crippen LogP contribution in [0.25, 0.3) is 10.7 Å². The second-order valence-electron chi connectivity index (χ2n) is 4.30. The Labute approximate surface area is 117 Å². The highest BCUT2D eigenvalue weighted by Gasteiger charge is 2.09. The summed E-state index contributed by atoms with van der Waals surface area (Å²) in [4.78, 5) is 11.2. The van der Waals surface area contributed by atoms with Crippen molar-refractivity contribution in [2.45, 2.75) is 19.9 Å². The van der Waals surface area contributed by atoms with Gasteiger partial charge in [-0.25, -0.2) is 4.98 Å². The zero-order chi connectivity index (χ0) is 13.5. The van der Waals surface area contributed by atoms with Crippen molar-refractivity contribution in [1.82, 2.24) is 14.9 Å². The minimum Gasteiger partial charge on any atom is -0.396 e. The molecule has 0 aliphatic heterocycles. The first kappa shape index (κ1) is 14.1. The topological polar surface area (TPSA) is 49.2 Å². The smallest absolute Gasteiger partial charge is 0.142 e. The van der Waals surface area contributed by atoms with Gasteiger partial charge in [0.25, 0.3) is 0 Å². The first-order chi connectivity index (χ1) is 9.33. The average molecular weight is 277 g/mol. The lowest BCUT2D eigenvalue weighted by Gasteiger charge is -2.18. The molecule has 0 bridgehead atoms. The lowest BCUT2D eigenvalue weighted by molar-refractivity contribution is 0.224. The van der Waals surface area contributed by atoms with E-state index in [-0.39, 0.29) is 6.61 Å². The van der Waals surface area contributed by atoms with Crippen molar-refractivity contribution in [3.8, 4) is 10.7 Å². The minimum atomic E-state index is 0.243. The molecule has 0 aliphatic carbocycles. The third-order valence-electron chi connectivity index (χ3n) is 2.90. The Hall–Kier alpha value is -1.30. The fraction of sp³-hybridized carbons (Fsp3) is 0.429.